The minimum atomic E-state index is -0.805. The molecule has 0 bridgehead atoms. The molecule has 7 rings (SSSR count). The number of anilines is 1. The van der Waals surface area contributed by atoms with E-state index in [0.717, 1.165) is 22.3 Å². The molecule has 39 heavy (non-hydrogen) atoms. The van der Waals surface area contributed by atoms with Crippen LogP contribution >= 0.6 is 0 Å². The molecule has 0 saturated heterocycles. The van der Waals surface area contributed by atoms with Gasteiger partial charge >= 0.3 is 0 Å². The lowest BCUT2D eigenvalue weighted by molar-refractivity contribution is 0.0996. The van der Waals surface area contributed by atoms with Crippen molar-refractivity contribution in [1.82, 2.24) is 14.5 Å². The minimum Gasteiger partial charge on any atom is -0.310 e. The summed E-state index contributed by atoms with van der Waals surface area (Å²) in [6.45, 7) is 0.458. The van der Waals surface area contributed by atoms with Gasteiger partial charge in [-0.3, -0.25) is 9.78 Å². The molecule has 1 aliphatic heterocycles. The van der Waals surface area contributed by atoms with E-state index < -0.39 is 5.54 Å². The first-order valence-corrected chi connectivity index (χ1v) is 12.9. The molecule has 6 heteroatoms. The first-order valence-electron chi connectivity index (χ1n) is 12.9. The Bertz CT molecular complexity index is 1720. The Hall–Kier alpha value is -4.97. The summed E-state index contributed by atoms with van der Waals surface area (Å²) in [6, 6.07) is 38.9. The zero-order valence-electron chi connectivity index (χ0n) is 21.1. The van der Waals surface area contributed by atoms with Crippen molar-refractivity contribution in [2.24, 2.45) is 0 Å². The van der Waals surface area contributed by atoms with Gasteiger partial charge in [-0.15, -0.1) is 0 Å². The molecule has 0 spiro atoms. The van der Waals surface area contributed by atoms with Crippen molar-refractivity contribution in [2.75, 3.05) is 4.90 Å². The van der Waals surface area contributed by atoms with Gasteiger partial charge in [-0.2, -0.15) is 0 Å². The first kappa shape index (κ1) is 23.2. The predicted octanol–water partition coefficient (Wildman–Crippen LogP) is 5.23. The van der Waals surface area contributed by atoms with Gasteiger partial charge in [0.15, 0.2) is 5.65 Å². The summed E-state index contributed by atoms with van der Waals surface area (Å²) in [5.74, 6) is -0.0568. The molecule has 0 aliphatic carbocycles. The number of nitrogens with zero attached hydrogens (tertiary/aromatic N) is 4. The second kappa shape index (κ2) is 9.10. The number of fused-ring (bicyclic) bond motifs is 2. The van der Waals surface area contributed by atoms with Gasteiger partial charge in [0.1, 0.15) is 18.9 Å². The minimum absolute atomic E-state index is 0.0568. The van der Waals surface area contributed by atoms with E-state index in [-0.39, 0.29) is 5.91 Å². The lowest BCUT2D eigenvalue weighted by Gasteiger charge is -2.38. The van der Waals surface area contributed by atoms with Gasteiger partial charge in [-0.1, -0.05) is 109 Å². The summed E-state index contributed by atoms with van der Waals surface area (Å²) in [4.78, 5) is 25.0. The number of rotatable bonds is 5. The van der Waals surface area contributed by atoms with Crippen molar-refractivity contribution in [3.8, 4) is 0 Å². The van der Waals surface area contributed by atoms with Crippen LogP contribution in [-0.4, -0.2) is 28.3 Å². The topological polar surface area (TPSA) is 51.0 Å². The molecule has 0 unspecified atom stereocenters. The average Bonchev–Trinajstić information content (AvgIpc) is 3.53. The molecule has 2 radical (unpaired) electrons. The molecule has 0 fully saturated rings. The first-order chi connectivity index (χ1) is 19.2. The van der Waals surface area contributed by atoms with Crippen molar-refractivity contribution < 1.29 is 4.79 Å². The number of amides is 1. The van der Waals surface area contributed by atoms with Crippen molar-refractivity contribution in [1.29, 1.82) is 0 Å². The molecule has 3 heterocycles. The van der Waals surface area contributed by atoms with Crippen LogP contribution in [0.5, 0.6) is 0 Å². The Kier molecular flexibility index (Phi) is 5.41. The van der Waals surface area contributed by atoms with Crippen LogP contribution in [0.25, 0.3) is 11.2 Å². The highest BCUT2D eigenvalue weighted by atomic mass is 16.2. The van der Waals surface area contributed by atoms with Gasteiger partial charge < -0.3 is 9.47 Å². The van der Waals surface area contributed by atoms with Crippen molar-refractivity contribution in [3.63, 3.8) is 0 Å². The molecule has 184 valence electrons. The van der Waals surface area contributed by atoms with Gasteiger partial charge in [0.2, 0.25) is 0 Å². The second-order valence-corrected chi connectivity index (χ2v) is 9.71. The van der Waals surface area contributed by atoms with Crippen LogP contribution in [-0.2, 0) is 12.1 Å². The summed E-state index contributed by atoms with van der Waals surface area (Å²) >= 11 is 0. The Morgan fingerprint density at radius 1 is 0.718 bits per heavy atom. The molecule has 1 amide bonds. The maximum absolute atomic E-state index is 13.6. The molecule has 5 nitrogen and oxygen atoms in total. The molecule has 6 aromatic rings. The average molecular weight is 502 g/mol. The molecule has 2 aromatic heterocycles. The van der Waals surface area contributed by atoms with Gasteiger partial charge in [0.25, 0.3) is 5.91 Å². The molecule has 1 aliphatic rings. The summed E-state index contributed by atoms with van der Waals surface area (Å²) in [5.41, 5.74) is 6.26. The fourth-order valence-corrected chi connectivity index (χ4v) is 5.85. The van der Waals surface area contributed by atoms with Crippen molar-refractivity contribution in [3.05, 3.63) is 155 Å². The lowest BCUT2D eigenvalue weighted by atomic mass is 9.76. The van der Waals surface area contributed by atoms with E-state index in [1.165, 1.54) is 0 Å². The van der Waals surface area contributed by atoms with Gasteiger partial charge in [0.05, 0.1) is 12.2 Å². The smallest absolute Gasteiger partial charge is 0.259 e. The quantitative estimate of drug-likeness (QED) is 0.240. The molecular weight excluding hydrogens is 479 g/mol. The van der Waals surface area contributed by atoms with E-state index in [1.807, 2.05) is 85.1 Å². The summed E-state index contributed by atoms with van der Waals surface area (Å²) in [5, 5.41) is 0. The van der Waals surface area contributed by atoms with Crippen LogP contribution < -0.4 is 10.5 Å². The Morgan fingerprint density at radius 2 is 1.26 bits per heavy atom. The molecular formula is C33H23BN4O. The molecule has 0 saturated carbocycles. The standard InChI is InChI=1S/C33H23BN4O/c34-29-20-35-31-30(36-29)28(37-21-23-12-10-11-19-27(23)32(37)39)22-38(31)33(24-13-4-1-5-14-24,25-15-6-2-7-16-25)26-17-8-3-9-18-26/h1-20,22H,21H2. The summed E-state index contributed by atoms with van der Waals surface area (Å²) < 4.78 is 2.15. The number of carbonyl (C=O) groups is 1. The van der Waals surface area contributed by atoms with Gasteiger partial charge in [-0.25, -0.2) is 4.98 Å². The van der Waals surface area contributed by atoms with E-state index in [1.54, 1.807) is 11.1 Å². The van der Waals surface area contributed by atoms with Crippen molar-refractivity contribution >= 4 is 36.2 Å². The van der Waals surface area contributed by atoms with Crippen LogP contribution in [0.1, 0.15) is 32.6 Å². The van der Waals surface area contributed by atoms with Gasteiger partial charge in [0, 0.05) is 23.6 Å². The number of carbonyl (C=O) groups excluding carboxylic acids is 1. The highest BCUT2D eigenvalue weighted by Crippen LogP contribution is 2.45. The number of hydrogen-bond acceptors (Lipinski definition) is 3. The second-order valence-electron chi connectivity index (χ2n) is 9.71. The maximum atomic E-state index is 13.6. The zero-order valence-corrected chi connectivity index (χ0v) is 21.1. The van der Waals surface area contributed by atoms with Gasteiger partial charge in [-0.05, 0) is 28.3 Å². The fraction of sp³-hybridized carbons (Fsp3) is 0.0606. The third kappa shape index (κ3) is 3.52. The van der Waals surface area contributed by atoms with Crippen LogP contribution in [0, 0.1) is 0 Å². The Balaban J connectivity index is 1.58. The molecule has 0 N–H and O–H groups in total. The third-order valence-corrected chi connectivity index (χ3v) is 7.54. The lowest BCUT2D eigenvalue weighted by Crippen LogP contribution is -2.37. The van der Waals surface area contributed by atoms with E-state index >= 15 is 0 Å². The van der Waals surface area contributed by atoms with Crippen LogP contribution in [0.15, 0.2) is 128 Å². The van der Waals surface area contributed by atoms with E-state index in [2.05, 4.69) is 41.0 Å². The van der Waals surface area contributed by atoms with Crippen LogP contribution in [0.4, 0.5) is 5.69 Å². The SMILES string of the molecule is [B]c1cnc2c(n1)c(N1Cc3ccccc3C1=O)cn2C(c1ccccc1)(c1ccccc1)c1ccccc1. The highest BCUT2D eigenvalue weighted by Gasteiger charge is 2.41. The normalized spacial score (nSPS) is 13.1. The fourth-order valence-electron chi connectivity index (χ4n) is 5.85. The predicted molar refractivity (Wildman–Crippen MR) is 154 cm³/mol. The number of hydrogen-bond donors (Lipinski definition) is 0. The third-order valence-electron chi connectivity index (χ3n) is 7.54. The highest BCUT2D eigenvalue weighted by molar-refractivity contribution is 6.31. The van der Waals surface area contributed by atoms with Crippen LogP contribution in [0.2, 0.25) is 0 Å². The molecule has 4 aromatic carbocycles. The summed E-state index contributed by atoms with van der Waals surface area (Å²) in [6.07, 6.45) is 3.59. The molecule has 0 atom stereocenters. The number of aromatic nitrogens is 3. The van der Waals surface area contributed by atoms with E-state index in [0.29, 0.717) is 34.6 Å². The van der Waals surface area contributed by atoms with Crippen molar-refractivity contribution in [2.45, 2.75) is 12.1 Å². The van der Waals surface area contributed by atoms with E-state index in [9.17, 15) is 4.79 Å². The number of benzene rings is 4. The van der Waals surface area contributed by atoms with E-state index in [4.69, 9.17) is 17.8 Å². The van der Waals surface area contributed by atoms with Crippen LogP contribution in [0.3, 0.4) is 0 Å². The Labute approximate surface area is 227 Å². The zero-order chi connectivity index (χ0) is 26.4. The summed E-state index contributed by atoms with van der Waals surface area (Å²) in [7, 11) is 6.18. The monoisotopic (exact) mass is 502 g/mol. The maximum Gasteiger partial charge on any atom is 0.259 e. The Morgan fingerprint density at radius 3 is 1.82 bits per heavy atom. The largest absolute Gasteiger partial charge is 0.310 e.